The third-order valence-corrected chi connectivity index (χ3v) is 2.17. The number of aliphatic hydroxyl groups is 4. The largest absolute Gasteiger partial charge is 0.394 e. The zero-order valence-electron chi connectivity index (χ0n) is 7.28. The van der Waals surface area contributed by atoms with E-state index in [0.29, 0.717) is 0 Å². The Morgan fingerprint density at radius 3 is 2.21 bits per heavy atom. The van der Waals surface area contributed by atoms with Crippen LogP contribution in [0.3, 0.4) is 0 Å². The van der Waals surface area contributed by atoms with Gasteiger partial charge in [-0.25, -0.2) is 0 Å². The fraction of sp³-hybridized carbons (Fsp3) is 0.857. The maximum Gasteiger partial charge on any atom is 0.249 e. The molecule has 5 atom stereocenters. The molecular formula is C7H13NO6. The molecule has 1 heterocycles. The smallest absolute Gasteiger partial charge is 0.249 e. The lowest BCUT2D eigenvalue weighted by atomic mass is 9.95. The molecule has 0 aromatic carbocycles. The van der Waals surface area contributed by atoms with Crippen LogP contribution in [0.5, 0.6) is 0 Å². The number of hydrogen-bond acceptors (Lipinski definition) is 6. The second-order valence-electron chi connectivity index (χ2n) is 3.15. The Morgan fingerprint density at radius 1 is 1.21 bits per heavy atom. The highest BCUT2D eigenvalue weighted by molar-refractivity contribution is 5.79. The summed E-state index contributed by atoms with van der Waals surface area (Å²) in [5, 5.41) is 36.5. The van der Waals surface area contributed by atoms with E-state index in [2.05, 4.69) is 0 Å². The van der Waals surface area contributed by atoms with Gasteiger partial charge in [-0.15, -0.1) is 0 Å². The van der Waals surface area contributed by atoms with E-state index in [-0.39, 0.29) is 0 Å². The molecule has 0 radical (unpaired) electrons. The molecule has 14 heavy (non-hydrogen) atoms. The first-order valence-electron chi connectivity index (χ1n) is 4.09. The van der Waals surface area contributed by atoms with E-state index < -0.39 is 43.0 Å². The number of nitrogens with two attached hydrogens (primary N) is 1. The lowest BCUT2D eigenvalue weighted by Crippen LogP contribution is -2.61. The first-order valence-corrected chi connectivity index (χ1v) is 4.09. The average molecular weight is 207 g/mol. The average Bonchev–Trinajstić information content (AvgIpc) is 2.14. The molecule has 6 N–H and O–H groups in total. The van der Waals surface area contributed by atoms with Gasteiger partial charge in [0.15, 0.2) is 6.10 Å². The van der Waals surface area contributed by atoms with E-state index in [1.165, 1.54) is 0 Å². The molecule has 7 nitrogen and oxygen atoms in total. The number of amides is 1. The molecule has 0 spiro atoms. The SMILES string of the molecule is NC(=O)[C@@H]1O[C@H](CO)[C@H](O)[C@@H](O)[C@H]1O. The number of rotatable bonds is 2. The van der Waals surface area contributed by atoms with Crippen LogP contribution in [0.25, 0.3) is 0 Å². The summed E-state index contributed by atoms with van der Waals surface area (Å²) in [5.41, 5.74) is 4.88. The van der Waals surface area contributed by atoms with Crippen LogP contribution in [0.15, 0.2) is 0 Å². The lowest BCUT2D eigenvalue weighted by Gasteiger charge is -2.38. The summed E-state index contributed by atoms with van der Waals surface area (Å²) in [6, 6.07) is 0. The van der Waals surface area contributed by atoms with Crippen molar-refractivity contribution in [2.75, 3.05) is 6.61 Å². The van der Waals surface area contributed by atoms with E-state index in [4.69, 9.17) is 15.6 Å². The van der Waals surface area contributed by atoms with E-state index >= 15 is 0 Å². The van der Waals surface area contributed by atoms with Gasteiger partial charge in [0.25, 0.3) is 0 Å². The van der Waals surface area contributed by atoms with Crippen LogP contribution in [0.2, 0.25) is 0 Å². The van der Waals surface area contributed by atoms with Crippen molar-refractivity contribution in [1.29, 1.82) is 0 Å². The van der Waals surface area contributed by atoms with Crippen LogP contribution in [0, 0.1) is 0 Å². The fourth-order valence-corrected chi connectivity index (χ4v) is 1.34. The molecule has 1 aliphatic rings. The molecule has 0 aromatic rings. The van der Waals surface area contributed by atoms with Gasteiger partial charge in [-0.1, -0.05) is 0 Å². The van der Waals surface area contributed by atoms with Gasteiger partial charge in [0.1, 0.15) is 24.4 Å². The fourth-order valence-electron chi connectivity index (χ4n) is 1.34. The number of aliphatic hydroxyl groups excluding tert-OH is 4. The molecule has 0 saturated carbocycles. The quantitative estimate of drug-likeness (QED) is 0.316. The lowest BCUT2D eigenvalue weighted by molar-refractivity contribution is -0.225. The number of hydrogen-bond donors (Lipinski definition) is 5. The number of carbonyl (C=O) groups is 1. The molecule has 82 valence electrons. The Balaban J connectivity index is 2.78. The standard InChI is InChI=1S/C7H13NO6/c8-7(13)6-5(12)4(11)3(10)2(1-9)14-6/h2-6,9-12H,1H2,(H2,8,13)/t2-,3+,4-,5-,6-/m1/s1. The maximum absolute atomic E-state index is 10.7. The Kier molecular flexibility index (Phi) is 3.40. The highest BCUT2D eigenvalue weighted by atomic mass is 16.5. The van der Waals surface area contributed by atoms with Crippen molar-refractivity contribution in [3.8, 4) is 0 Å². The van der Waals surface area contributed by atoms with E-state index in [9.17, 15) is 20.1 Å². The molecule has 1 amide bonds. The Morgan fingerprint density at radius 2 is 1.79 bits per heavy atom. The van der Waals surface area contributed by atoms with Crippen molar-refractivity contribution >= 4 is 5.91 Å². The normalized spacial score (nSPS) is 43.6. The summed E-state index contributed by atoms with van der Waals surface area (Å²) in [6.45, 7) is -0.575. The van der Waals surface area contributed by atoms with Crippen molar-refractivity contribution < 1.29 is 30.0 Å². The maximum atomic E-state index is 10.7. The van der Waals surface area contributed by atoms with Gasteiger partial charge in [-0.2, -0.15) is 0 Å². The van der Waals surface area contributed by atoms with E-state index in [1.807, 2.05) is 0 Å². The van der Waals surface area contributed by atoms with Crippen LogP contribution in [-0.2, 0) is 9.53 Å². The van der Waals surface area contributed by atoms with Gasteiger partial charge in [-0.3, -0.25) is 4.79 Å². The first kappa shape index (κ1) is 11.3. The highest BCUT2D eigenvalue weighted by Crippen LogP contribution is 2.20. The van der Waals surface area contributed by atoms with Crippen molar-refractivity contribution in [2.45, 2.75) is 30.5 Å². The molecule has 1 fully saturated rings. The van der Waals surface area contributed by atoms with Crippen LogP contribution in [0.1, 0.15) is 0 Å². The minimum absolute atomic E-state index is 0.575. The number of carbonyl (C=O) groups excluding carboxylic acids is 1. The van der Waals surface area contributed by atoms with Gasteiger partial charge < -0.3 is 30.9 Å². The highest BCUT2D eigenvalue weighted by Gasteiger charge is 2.45. The summed E-state index contributed by atoms with van der Waals surface area (Å²) in [4.78, 5) is 10.7. The Bertz CT molecular complexity index is 220. The third-order valence-electron chi connectivity index (χ3n) is 2.17. The van der Waals surface area contributed by atoms with E-state index in [1.54, 1.807) is 0 Å². The molecule has 0 bridgehead atoms. The van der Waals surface area contributed by atoms with Gasteiger partial charge in [0.2, 0.25) is 5.91 Å². The molecule has 1 rings (SSSR count). The third kappa shape index (κ3) is 1.86. The predicted molar refractivity (Wildman–Crippen MR) is 43.0 cm³/mol. The van der Waals surface area contributed by atoms with Gasteiger partial charge in [0.05, 0.1) is 6.61 Å². The van der Waals surface area contributed by atoms with Crippen LogP contribution in [-0.4, -0.2) is 63.5 Å². The number of primary amides is 1. The van der Waals surface area contributed by atoms with Crippen molar-refractivity contribution in [3.63, 3.8) is 0 Å². The zero-order valence-corrected chi connectivity index (χ0v) is 7.28. The predicted octanol–water partition coefficient (Wildman–Crippen LogP) is -3.69. The van der Waals surface area contributed by atoms with Gasteiger partial charge in [-0.05, 0) is 0 Å². The van der Waals surface area contributed by atoms with Gasteiger partial charge >= 0.3 is 0 Å². The molecule has 1 saturated heterocycles. The molecular weight excluding hydrogens is 194 g/mol. The molecule has 0 aliphatic carbocycles. The molecule has 0 aromatic heterocycles. The van der Waals surface area contributed by atoms with Crippen LogP contribution in [0.4, 0.5) is 0 Å². The van der Waals surface area contributed by atoms with Crippen LogP contribution < -0.4 is 5.73 Å². The van der Waals surface area contributed by atoms with E-state index in [0.717, 1.165) is 0 Å². The zero-order chi connectivity index (χ0) is 10.9. The summed E-state index contributed by atoms with van der Waals surface area (Å²) < 4.78 is 4.81. The minimum atomic E-state index is -1.58. The monoisotopic (exact) mass is 207 g/mol. The number of ether oxygens (including phenoxy) is 1. The van der Waals surface area contributed by atoms with Crippen molar-refractivity contribution in [1.82, 2.24) is 0 Å². The van der Waals surface area contributed by atoms with Crippen LogP contribution >= 0.6 is 0 Å². The van der Waals surface area contributed by atoms with Crippen molar-refractivity contribution in [2.24, 2.45) is 5.73 Å². The second kappa shape index (κ2) is 4.20. The molecule has 1 aliphatic heterocycles. The summed E-state index contributed by atoms with van der Waals surface area (Å²) in [6.07, 6.45) is -7.11. The Labute approximate surface area is 79.7 Å². The Hall–Kier alpha value is -0.730. The summed E-state index contributed by atoms with van der Waals surface area (Å²) >= 11 is 0. The topological polar surface area (TPSA) is 133 Å². The molecule has 7 heteroatoms. The summed E-state index contributed by atoms with van der Waals surface area (Å²) in [5.74, 6) is -0.957. The van der Waals surface area contributed by atoms with Gasteiger partial charge in [0, 0.05) is 0 Å². The molecule has 0 unspecified atom stereocenters. The second-order valence-corrected chi connectivity index (χ2v) is 3.15. The summed E-state index contributed by atoms with van der Waals surface area (Å²) in [7, 11) is 0. The van der Waals surface area contributed by atoms with Crippen molar-refractivity contribution in [3.05, 3.63) is 0 Å². The first-order chi connectivity index (χ1) is 6.49. The minimum Gasteiger partial charge on any atom is -0.394 e.